The van der Waals surface area contributed by atoms with Crippen LogP contribution in [-0.4, -0.2) is 101 Å². The Labute approximate surface area is 437 Å². The summed E-state index contributed by atoms with van der Waals surface area (Å²) in [4.78, 5) is 73.1. The van der Waals surface area contributed by atoms with Crippen LogP contribution in [-0.2, 0) is 33.4 Å². The number of hydrogen-bond acceptors (Lipinski definition) is 14. The first kappa shape index (κ1) is 54.4. The van der Waals surface area contributed by atoms with E-state index < -0.39 is 48.2 Å². The molecule has 0 fully saturated rings. The second kappa shape index (κ2) is 24.0. The van der Waals surface area contributed by atoms with E-state index in [1.54, 1.807) is 49.1 Å². The summed E-state index contributed by atoms with van der Waals surface area (Å²) in [5.74, 6) is -1.48. The van der Waals surface area contributed by atoms with Crippen LogP contribution < -0.4 is 0 Å². The van der Waals surface area contributed by atoms with Gasteiger partial charge in [-0.2, -0.15) is 0 Å². The molecule has 0 bridgehead atoms. The predicted molar refractivity (Wildman–Crippen MR) is 269 cm³/mol. The predicted octanol–water partition coefficient (Wildman–Crippen LogP) is 10.1. The number of aliphatic imine (C=N–C) groups is 2. The minimum Gasteiger partial charge on any atom is -0.481 e. The number of pyridine rings is 2. The summed E-state index contributed by atoms with van der Waals surface area (Å²) in [6.45, 7) is 6.60. The van der Waals surface area contributed by atoms with Gasteiger partial charge in [0.05, 0.1) is 78.5 Å². The van der Waals surface area contributed by atoms with Crippen LogP contribution in [0.1, 0.15) is 97.2 Å². The molecule has 0 saturated carbocycles. The van der Waals surface area contributed by atoms with Crippen LogP contribution in [0.25, 0.3) is 11.4 Å². The lowest BCUT2D eigenvalue weighted by atomic mass is 10.0. The quantitative estimate of drug-likeness (QED) is 0.0701. The molecule has 23 heteroatoms. The third-order valence-corrected chi connectivity index (χ3v) is 13.3. The number of rotatable bonds is 11. The summed E-state index contributed by atoms with van der Waals surface area (Å²) in [6.07, 6.45) is 5.19. The van der Waals surface area contributed by atoms with Crippen LogP contribution in [0.3, 0.4) is 0 Å². The van der Waals surface area contributed by atoms with Gasteiger partial charge in [0.2, 0.25) is 0 Å². The zero-order valence-corrected chi connectivity index (χ0v) is 43.2. The molecule has 0 radical (unpaired) electrons. The molecule has 2 aliphatic heterocycles. The van der Waals surface area contributed by atoms with Crippen LogP contribution in [0.15, 0.2) is 83.3 Å². The maximum atomic E-state index is 12.5. The number of carbonyl (C=O) groups is 4. The average molecular weight is 1090 g/mol. The van der Waals surface area contributed by atoms with Gasteiger partial charge < -0.3 is 24.4 Å². The lowest BCUT2D eigenvalue weighted by Crippen LogP contribution is -2.25. The van der Waals surface area contributed by atoms with E-state index in [4.69, 9.17) is 89.4 Å². The van der Waals surface area contributed by atoms with E-state index in [0.29, 0.717) is 62.0 Å². The number of carbonyl (C=O) groups excluding carboxylic acids is 3. The van der Waals surface area contributed by atoms with E-state index in [2.05, 4.69) is 29.4 Å². The zero-order valence-electron chi connectivity index (χ0n) is 38.7. The Hall–Kier alpha value is -5.92. The molecule has 372 valence electrons. The molecule has 2 aliphatic rings. The van der Waals surface area contributed by atoms with Gasteiger partial charge in [-0.05, 0) is 76.9 Å². The van der Waals surface area contributed by atoms with E-state index in [-0.39, 0.29) is 50.8 Å². The number of carboxylic acids is 1. The summed E-state index contributed by atoms with van der Waals surface area (Å²) >= 11 is 38.9. The fraction of sp³-hybridized carbons (Fsp3) is 0.292. The minimum atomic E-state index is -1.01. The van der Waals surface area contributed by atoms with E-state index in [1.807, 2.05) is 47.2 Å². The Morgan fingerprint density at radius 2 is 1.08 bits per heavy atom. The van der Waals surface area contributed by atoms with Crippen LogP contribution in [0.5, 0.6) is 0 Å². The van der Waals surface area contributed by atoms with Gasteiger partial charge in [0, 0.05) is 60.1 Å². The number of hydrogen-bond donors (Lipinski definition) is 2. The standard InChI is InChI=1S/C24H21Cl3N4O4.C20H15Cl3N4O2.C4H8O3/c1-12-11-29-23-16(7-8-18(32)35-13(2)24(33)34-3)30-22(15-6-4-5-9-28-15)19-17(31(12)23)10-14(25)20(26)21(19)27;1-10-9-25-20-13(5-6-15(28)29)26-19(12-4-2-3-7-24-12)16-14(27(10)20)8-11(21)17(22)18(16)23;1-3(5)4(6)7-2/h4-6,9-11,13,16H,7-8H2,1-3H3;2-4,7-9,13H,5-6H2,1H3,(H,28,29);3,5H,1-2H3/t13?,16-;13-;/m00./s1. The SMILES string of the molecule is COC(=O)C(C)O.COC(=O)C(C)OC(=O)CC[C@@H]1N=C(c2ccccn2)c2c(cc(Cl)c(Cl)c2Cl)-n2c(C)cnc21.Cc1cnc2n1-c1cc(Cl)c(Cl)c(Cl)c1C(c1ccccn1)=N[C@H]2CCC(=O)O. The number of imidazole rings is 2. The molecule has 2 aromatic carbocycles. The number of methoxy groups -OCH3 is 2. The molecule has 6 aromatic rings. The molecule has 4 atom stereocenters. The van der Waals surface area contributed by atoms with Crippen molar-refractivity contribution in [3.05, 3.63) is 149 Å². The molecular formula is C48H44Cl6N8O9. The summed E-state index contributed by atoms with van der Waals surface area (Å²) in [5, 5.41) is 19.1. The number of aryl methyl sites for hydroxylation is 2. The van der Waals surface area contributed by atoms with Crippen molar-refractivity contribution in [3.8, 4) is 11.4 Å². The first-order chi connectivity index (χ1) is 33.8. The Morgan fingerprint density at radius 1 is 0.648 bits per heavy atom. The molecule has 8 rings (SSSR count). The highest BCUT2D eigenvalue weighted by Crippen LogP contribution is 2.44. The van der Waals surface area contributed by atoms with Gasteiger partial charge in [-0.1, -0.05) is 81.7 Å². The largest absolute Gasteiger partial charge is 0.481 e. The number of aliphatic hydroxyl groups excluding tert-OH is 1. The normalized spacial score (nSPS) is 15.1. The van der Waals surface area contributed by atoms with Crippen molar-refractivity contribution in [1.29, 1.82) is 0 Å². The molecule has 0 aliphatic carbocycles. The van der Waals surface area contributed by atoms with Crippen LogP contribution in [0, 0.1) is 13.8 Å². The second-order valence-corrected chi connectivity index (χ2v) is 18.0. The van der Waals surface area contributed by atoms with Gasteiger partial charge in [0.25, 0.3) is 0 Å². The maximum Gasteiger partial charge on any atom is 0.346 e. The van der Waals surface area contributed by atoms with Crippen LogP contribution in [0.2, 0.25) is 30.1 Å². The molecule has 71 heavy (non-hydrogen) atoms. The van der Waals surface area contributed by atoms with E-state index in [1.165, 1.54) is 28.1 Å². The third kappa shape index (κ3) is 12.2. The number of ether oxygens (including phenoxy) is 3. The van der Waals surface area contributed by atoms with E-state index in [9.17, 15) is 24.3 Å². The second-order valence-electron chi connectivity index (χ2n) is 15.7. The average Bonchev–Trinajstić information content (AvgIpc) is 3.86. The van der Waals surface area contributed by atoms with Crippen molar-refractivity contribution in [2.45, 2.75) is 77.7 Å². The van der Waals surface area contributed by atoms with Gasteiger partial charge in [-0.15, -0.1) is 0 Å². The molecule has 0 spiro atoms. The van der Waals surface area contributed by atoms with Gasteiger partial charge in [0.1, 0.15) is 29.8 Å². The van der Waals surface area contributed by atoms with Gasteiger partial charge in [0.15, 0.2) is 6.10 Å². The first-order valence-electron chi connectivity index (χ1n) is 21.5. The minimum absolute atomic E-state index is 0.0114. The molecule has 0 amide bonds. The highest BCUT2D eigenvalue weighted by molar-refractivity contribution is 6.51. The molecule has 6 heterocycles. The third-order valence-electron chi connectivity index (χ3n) is 10.8. The number of fused-ring (bicyclic) bond motifs is 6. The van der Waals surface area contributed by atoms with Crippen molar-refractivity contribution in [2.24, 2.45) is 9.98 Å². The molecular weight excluding hydrogens is 1050 g/mol. The maximum absolute atomic E-state index is 12.5. The number of aromatic nitrogens is 6. The van der Waals surface area contributed by atoms with Crippen molar-refractivity contribution in [2.75, 3.05) is 14.2 Å². The number of halogens is 6. The number of carboxylic acid groups (broad SMARTS) is 1. The van der Waals surface area contributed by atoms with Crippen molar-refractivity contribution in [3.63, 3.8) is 0 Å². The zero-order chi connectivity index (χ0) is 51.8. The van der Waals surface area contributed by atoms with Gasteiger partial charge >= 0.3 is 23.9 Å². The number of nitrogens with zero attached hydrogens (tertiary/aromatic N) is 8. The van der Waals surface area contributed by atoms with E-state index >= 15 is 0 Å². The molecule has 4 aromatic heterocycles. The number of benzene rings is 2. The molecule has 2 unspecified atom stereocenters. The molecule has 0 saturated heterocycles. The smallest absolute Gasteiger partial charge is 0.346 e. The fourth-order valence-electron chi connectivity index (χ4n) is 7.47. The Bertz CT molecular complexity index is 3040. The van der Waals surface area contributed by atoms with Crippen LogP contribution >= 0.6 is 69.6 Å². The highest BCUT2D eigenvalue weighted by atomic mass is 35.5. The topological polar surface area (TPSA) is 223 Å². The van der Waals surface area contributed by atoms with Crippen LogP contribution in [0.4, 0.5) is 0 Å². The summed E-state index contributed by atoms with van der Waals surface area (Å²) < 4.78 is 17.7. The first-order valence-corrected chi connectivity index (χ1v) is 23.7. The molecule has 17 nitrogen and oxygen atoms in total. The summed E-state index contributed by atoms with van der Waals surface area (Å²) in [5.41, 5.74) is 6.32. The van der Waals surface area contributed by atoms with Crippen molar-refractivity contribution < 1.29 is 43.6 Å². The van der Waals surface area contributed by atoms with Gasteiger partial charge in [-0.3, -0.25) is 38.7 Å². The number of aliphatic carboxylic acids is 1. The fourth-order valence-corrected chi connectivity index (χ4v) is 8.84. The van der Waals surface area contributed by atoms with Crippen molar-refractivity contribution >= 4 is 105 Å². The lowest BCUT2D eigenvalue weighted by Gasteiger charge is -2.16. The highest BCUT2D eigenvalue weighted by Gasteiger charge is 2.33. The molecule has 2 N–H and O–H groups in total. The van der Waals surface area contributed by atoms with E-state index in [0.717, 1.165) is 11.4 Å². The summed E-state index contributed by atoms with van der Waals surface area (Å²) in [6, 6.07) is 13.3. The monoisotopic (exact) mass is 1090 g/mol. The van der Waals surface area contributed by atoms with Gasteiger partial charge in [-0.25, -0.2) is 19.6 Å². The number of aliphatic hydroxyl groups is 1. The summed E-state index contributed by atoms with van der Waals surface area (Å²) in [7, 11) is 2.46. The number of esters is 3. The lowest BCUT2D eigenvalue weighted by molar-refractivity contribution is -0.164. The Balaban J connectivity index is 0.000000208. The Morgan fingerprint density at radius 3 is 1.45 bits per heavy atom. The Kier molecular flexibility index (Phi) is 18.4. The van der Waals surface area contributed by atoms with Crippen molar-refractivity contribution in [1.82, 2.24) is 29.1 Å².